The predicted octanol–water partition coefficient (Wildman–Crippen LogP) is 2.53. The Balaban J connectivity index is 1.63. The molecule has 2 heterocycles. The number of amides is 1. The largest absolute Gasteiger partial charge is 0.368 e. The molecule has 24 heavy (non-hydrogen) atoms. The first-order valence-corrected chi connectivity index (χ1v) is 8.10. The summed E-state index contributed by atoms with van der Waals surface area (Å²) < 4.78 is 0. The molecule has 1 aromatic carbocycles. The molecule has 3 aromatic rings. The highest BCUT2D eigenvalue weighted by molar-refractivity contribution is 5.91. The SMILES string of the molecule is CCc1cccc2c(CCNc3ccc(C(=O)NC)nn3)c[nH]c12. The van der Waals surface area contributed by atoms with Crippen LogP contribution >= 0.6 is 0 Å². The molecule has 2 aromatic heterocycles. The second kappa shape index (κ2) is 7.12. The molecule has 0 aliphatic heterocycles. The number of aryl methyl sites for hydroxylation is 1. The van der Waals surface area contributed by atoms with E-state index in [1.807, 2.05) is 0 Å². The first-order valence-electron chi connectivity index (χ1n) is 8.10. The molecule has 3 N–H and O–H groups in total. The zero-order valence-electron chi connectivity index (χ0n) is 13.9. The highest BCUT2D eigenvalue weighted by Crippen LogP contribution is 2.22. The molecule has 0 fully saturated rings. The van der Waals surface area contributed by atoms with Gasteiger partial charge in [-0.1, -0.05) is 25.1 Å². The number of para-hydroxylation sites is 1. The summed E-state index contributed by atoms with van der Waals surface area (Å²) in [5.74, 6) is 0.427. The van der Waals surface area contributed by atoms with Crippen LogP contribution in [-0.4, -0.2) is 34.7 Å². The molecule has 0 unspecified atom stereocenters. The van der Waals surface area contributed by atoms with Crippen LogP contribution < -0.4 is 10.6 Å². The quantitative estimate of drug-likeness (QED) is 0.651. The lowest BCUT2D eigenvalue weighted by Gasteiger charge is -2.05. The zero-order valence-corrected chi connectivity index (χ0v) is 13.9. The van der Waals surface area contributed by atoms with E-state index in [4.69, 9.17) is 0 Å². The Morgan fingerprint density at radius 2 is 2.04 bits per heavy atom. The Hall–Kier alpha value is -2.89. The summed E-state index contributed by atoms with van der Waals surface area (Å²) in [5.41, 5.74) is 4.15. The molecule has 1 amide bonds. The maximum absolute atomic E-state index is 11.4. The van der Waals surface area contributed by atoms with Crippen molar-refractivity contribution in [2.24, 2.45) is 0 Å². The molecule has 0 saturated heterocycles. The van der Waals surface area contributed by atoms with E-state index in [2.05, 4.69) is 57.1 Å². The summed E-state index contributed by atoms with van der Waals surface area (Å²) in [7, 11) is 1.57. The van der Waals surface area contributed by atoms with Crippen LogP contribution in [0.3, 0.4) is 0 Å². The van der Waals surface area contributed by atoms with E-state index in [0.717, 1.165) is 19.4 Å². The second-order valence-electron chi connectivity index (χ2n) is 5.57. The molecule has 0 bridgehead atoms. The Morgan fingerprint density at radius 1 is 1.17 bits per heavy atom. The third kappa shape index (κ3) is 3.22. The van der Waals surface area contributed by atoms with Crippen molar-refractivity contribution in [3.8, 4) is 0 Å². The van der Waals surface area contributed by atoms with Crippen LogP contribution in [0, 0.1) is 0 Å². The number of aromatic amines is 1. The number of hydrogen-bond donors (Lipinski definition) is 3. The number of nitrogens with one attached hydrogen (secondary N) is 3. The van der Waals surface area contributed by atoms with Gasteiger partial charge in [-0.25, -0.2) is 0 Å². The minimum atomic E-state index is -0.237. The normalized spacial score (nSPS) is 10.8. The summed E-state index contributed by atoms with van der Waals surface area (Å²) in [6.07, 6.45) is 3.97. The maximum Gasteiger partial charge on any atom is 0.271 e. The first-order chi connectivity index (χ1) is 11.7. The standard InChI is InChI=1S/C18H21N5O/c1-3-12-5-4-6-14-13(11-21-17(12)14)9-10-20-16-8-7-15(22-23-16)18(24)19-2/h4-8,11,21H,3,9-10H2,1-2H3,(H,19,24)(H,20,23). The molecular formula is C18H21N5O. The third-order valence-electron chi connectivity index (χ3n) is 4.09. The number of nitrogens with zero attached hydrogens (tertiary/aromatic N) is 2. The molecule has 3 rings (SSSR count). The predicted molar refractivity (Wildman–Crippen MR) is 95.3 cm³/mol. The molecule has 6 heteroatoms. The maximum atomic E-state index is 11.4. The van der Waals surface area contributed by atoms with Crippen molar-refractivity contribution in [1.82, 2.24) is 20.5 Å². The van der Waals surface area contributed by atoms with E-state index >= 15 is 0 Å². The number of fused-ring (bicyclic) bond motifs is 1. The van der Waals surface area contributed by atoms with E-state index < -0.39 is 0 Å². The summed E-state index contributed by atoms with van der Waals surface area (Å²) in [6, 6.07) is 9.84. The number of anilines is 1. The van der Waals surface area contributed by atoms with Gasteiger partial charge in [-0.3, -0.25) is 4.79 Å². The van der Waals surface area contributed by atoms with Gasteiger partial charge in [-0.15, -0.1) is 10.2 Å². The summed E-state index contributed by atoms with van der Waals surface area (Å²) >= 11 is 0. The minimum absolute atomic E-state index is 0.237. The molecular weight excluding hydrogens is 302 g/mol. The van der Waals surface area contributed by atoms with E-state index in [9.17, 15) is 4.79 Å². The van der Waals surface area contributed by atoms with Gasteiger partial charge in [0.15, 0.2) is 5.69 Å². The lowest BCUT2D eigenvalue weighted by Crippen LogP contribution is -2.19. The molecule has 0 saturated carbocycles. The number of hydrogen-bond acceptors (Lipinski definition) is 4. The Bertz CT molecular complexity index is 838. The van der Waals surface area contributed by atoms with E-state index in [1.165, 1.54) is 22.0 Å². The second-order valence-corrected chi connectivity index (χ2v) is 5.57. The Kier molecular flexibility index (Phi) is 4.74. The van der Waals surface area contributed by atoms with Crippen LogP contribution in [0.15, 0.2) is 36.5 Å². The lowest BCUT2D eigenvalue weighted by molar-refractivity contribution is 0.0957. The van der Waals surface area contributed by atoms with Crippen molar-refractivity contribution in [3.05, 3.63) is 53.3 Å². The van der Waals surface area contributed by atoms with Crippen LogP contribution in [-0.2, 0) is 12.8 Å². The van der Waals surface area contributed by atoms with Gasteiger partial charge in [0, 0.05) is 30.7 Å². The number of carbonyl (C=O) groups is 1. The van der Waals surface area contributed by atoms with Gasteiger partial charge in [0.05, 0.1) is 0 Å². The van der Waals surface area contributed by atoms with Crippen molar-refractivity contribution in [1.29, 1.82) is 0 Å². The van der Waals surface area contributed by atoms with Gasteiger partial charge in [0.25, 0.3) is 5.91 Å². The van der Waals surface area contributed by atoms with Crippen LogP contribution in [0.2, 0.25) is 0 Å². The number of benzene rings is 1. The van der Waals surface area contributed by atoms with Crippen LogP contribution in [0.5, 0.6) is 0 Å². The van der Waals surface area contributed by atoms with Crippen LogP contribution in [0.4, 0.5) is 5.82 Å². The number of aromatic nitrogens is 3. The van der Waals surface area contributed by atoms with E-state index in [0.29, 0.717) is 11.5 Å². The molecule has 0 aliphatic carbocycles. The highest BCUT2D eigenvalue weighted by atomic mass is 16.1. The number of carbonyl (C=O) groups excluding carboxylic acids is 1. The average molecular weight is 323 g/mol. The molecule has 0 spiro atoms. The molecule has 124 valence electrons. The van der Waals surface area contributed by atoms with Crippen LogP contribution in [0.25, 0.3) is 10.9 Å². The topological polar surface area (TPSA) is 82.7 Å². The van der Waals surface area contributed by atoms with Crippen molar-refractivity contribution in [2.75, 3.05) is 18.9 Å². The highest BCUT2D eigenvalue weighted by Gasteiger charge is 2.07. The molecule has 6 nitrogen and oxygen atoms in total. The molecule has 0 aliphatic rings. The van der Waals surface area contributed by atoms with Crippen molar-refractivity contribution in [3.63, 3.8) is 0 Å². The van der Waals surface area contributed by atoms with E-state index in [1.54, 1.807) is 19.2 Å². The Morgan fingerprint density at radius 3 is 2.75 bits per heavy atom. The van der Waals surface area contributed by atoms with Crippen molar-refractivity contribution >= 4 is 22.6 Å². The number of H-pyrrole nitrogens is 1. The summed E-state index contributed by atoms with van der Waals surface area (Å²) in [4.78, 5) is 14.8. The number of rotatable bonds is 6. The van der Waals surface area contributed by atoms with Gasteiger partial charge >= 0.3 is 0 Å². The van der Waals surface area contributed by atoms with Gasteiger partial charge in [-0.05, 0) is 36.1 Å². The zero-order chi connectivity index (χ0) is 16.9. The average Bonchev–Trinajstić information content (AvgIpc) is 3.05. The smallest absolute Gasteiger partial charge is 0.271 e. The Labute approximate surface area is 140 Å². The van der Waals surface area contributed by atoms with Crippen molar-refractivity contribution in [2.45, 2.75) is 19.8 Å². The molecule has 0 radical (unpaired) electrons. The van der Waals surface area contributed by atoms with Gasteiger partial charge < -0.3 is 15.6 Å². The van der Waals surface area contributed by atoms with Gasteiger partial charge in [-0.2, -0.15) is 0 Å². The third-order valence-corrected chi connectivity index (χ3v) is 4.09. The van der Waals surface area contributed by atoms with Gasteiger partial charge in [0.2, 0.25) is 0 Å². The first kappa shape index (κ1) is 16.0. The lowest BCUT2D eigenvalue weighted by atomic mass is 10.1. The summed E-state index contributed by atoms with van der Waals surface area (Å²) in [6.45, 7) is 2.91. The van der Waals surface area contributed by atoms with E-state index in [-0.39, 0.29) is 5.91 Å². The monoisotopic (exact) mass is 323 g/mol. The minimum Gasteiger partial charge on any atom is -0.368 e. The van der Waals surface area contributed by atoms with Crippen LogP contribution in [0.1, 0.15) is 28.5 Å². The molecule has 0 atom stereocenters. The fourth-order valence-electron chi connectivity index (χ4n) is 2.78. The van der Waals surface area contributed by atoms with Crippen molar-refractivity contribution < 1.29 is 4.79 Å². The fraction of sp³-hybridized carbons (Fsp3) is 0.278. The summed E-state index contributed by atoms with van der Waals surface area (Å²) in [5, 5.41) is 15.0. The van der Waals surface area contributed by atoms with Gasteiger partial charge in [0.1, 0.15) is 5.82 Å². The fourth-order valence-corrected chi connectivity index (χ4v) is 2.78.